The number of hydrogen-bond donors (Lipinski definition) is 2. The fourth-order valence-electron chi connectivity index (χ4n) is 2.50. The lowest BCUT2D eigenvalue weighted by Gasteiger charge is -2.19. The van der Waals surface area contributed by atoms with Gasteiger partial charge in [0.05, 0.1) is 0 Å². The highest BCUT2D eigenvalue weighted by Crippen LogP contribution is 2.33. The molecule has 25 heavy (non-hydrogen) atoms. The van der Waals surface area contributed by atoms with Gasteiger partial charge in [-0.3, -0.25) is 0 Å². The van der Waals surface area contributed by atoms with Crippen LogP contribution in [0, 0.1) is 13.8 Å². The largest absolute Gasteiger partial charge is 0.486 e. The molecule has 0 saturated heterocycles. The van der Waals surface area contributed by atoms with Crippen molar-refractivity contribution >= 4 is 23.3 Å². The molecule has 3 aromatic rings. The summed E-state index contributed by atoms with van der Waals surface area (Å²) < 4.78 is 16.2. The van der Waals surface area contributed by atoms with Gasteiger partial charge in [0, 0.05) is 29.6 Å². The van der Waals surface area contributed by atoms with Gasteiger partial charge in [-0.1, -0.05) is 5.16 Å². The van der Waals surface area contributed by atoms with Gasteiger partial charge in [-0.05, 0) is 26.0 Å². The van der Waals surface area contributed by atoms with E-state index in [1.165, 1.54) is 0 Å². The molecule has 0 fully saturated rings. The van der Waals surface area contributed by atoms with Crippen molar-refractivity contribution in [1.29, 1.82) is 0 Å². The number of benzene rings is 1. The van der Waals surface area contributed by atoms with E-state index in [4.69, 9.17) is 14.0 Å². The Hall–Kier alpha value is -3.29. The maximum atomic E-state index is 5.59. The van der Waals surface area contributed by atoms with Crippen LogP contribution in [0.15, 0.2) is 34.9 Å². The third-order valence-electron chi connectivity index (χ3n) is 3.54. The molecule has 8 nitrogen and oxygen atoms in total. The number of rotatable bonds is 4. The van der Waals surface area contributed by atoms with E-state index in [9.17, 15) is 0 Å². The summed E-state index contributed by atoms with van der Waals surface area (Å²) in [5.41, 5.74) is 1.64. The van der Waals surface area contributed by atoms with Crippen LogP contribution in [-0.4, -0.2) is 28.3 Å². The second-order valence-electron chi connectivity index (χ2n) is 5.65. The first-order valence-corrected chi connectivity index (χ1v) is 7.88. The summed E-state index contributed by atoms with van der Waals surface area (Å²) in [5.74, 6) is 3.87. The second kappa shape index (κ2) is 6.31. The predicted molar refractivity (Wildman–Crippen MR) is 92.0 cm³/mol. The molecular weight excluding hydrogens is 322 g/mol. The molecule has 0 spiro atoms. The van der Waals surface area contributed by atoms with Crippen molar-refractivity contribution < 1.29 is 14.0 Å². The number of aromatic nitrogens is 3. The summed E-state index contributed by atoms with van der Waals surface area (Å²) in [7, 11) is 0. The summed E-state index contributed by atoms with van der Waals surface area (Å²) >= 11 is 0. The molecule has 3 heterocycles. The number of hydrogen-bond acceptors (Lipinski definition) is 8. The summed E-state index contributed by atoms with van der Waals surface area (Å²) in [6.45, 7) is 4.84. The smallest absolute Gasteiger partial charge is 0.229 e. The lowest BCUT2D eigenvalue weighted by molar-refractivity contribution is 0.171. The van der Waals surface area contributed by atoms with Crippen molar-refractivity contribution in [3.05, 3.63) is 41.8 Å². The molecule has 1 aliphatic rings. The van der Waals surface area contributed by atoms with Gasteiger partial charge in [0.1, 0.15) is 24.8 Å². The molecule has 0 radical (unpaired) electrons. The Morgan fingerprint density at radius 2 is 1.72 bits per heavy atom. The van der Waals surface area contributed by atoms with Crippen LogP contribution >= 0.6 is 0 Å². The van der Waals surface area contributed by atoms with Gasteiger partial charge in [0.15, 0.2) is 17.3 Å². The summed E-state index contributed by atoms with van der Waals surface area (Å²) in [6.07, 6.45) is 0. The monoisotopic (exact) mass is 339 g/mol. The Labute approximate surface area is 144 Å². The number of fused-ring (bicyclic) bond motifs is 1. The average molecular weight is 339 g/mol. The van der Waals surface area contributed by atoms with E-state index in [1.54, 1.807) is 6.07 Å². The average Bonchev–Trinajstić information content (AvgIpc) is 2.99. The minimum atomic E-state index is 0.472. The molecule has 4 rings (SSSR count). The second-order valence-corrected chi connectivity index (χ2v) is 5.65. The number of ether oxygens (including phenoxy) is 2. The standard InChI is InChI=1S/C17H17N5O3/c1-10-7-15(20-16-8-11(2)25-22-16)21-17(18-10)19-12-3-4-13-14(9-12)24-6-5-23-13/h3-4,7-9H,5-6H2,1-2H3,(H2,18,19,20,21,22). The lowest BCUT2D eigenvalue weighted by Crippen LogP contribution is -2.15. The van der Waals surface area contributed by atoms with Crippen LogP contribution in [0.1, 0.15) is 11.5 Å². The molecule has 0 atom stereocenters. The van der Waals surface area contributed by atoms with E-state index in [1.807, 2.05) is 38.1 Å². The zero-order chi connectivity index (χ0) is 17.2. The predicted octanol–water partition coefficient (Wildman–Crippen LogP) is 3.34. The molecule has 2 N–H and O–H groups in total. The Morgan fingerprint density at radius 3 is 2.52 bits per heavy atom. The zero-order valence-electron chi connectivity index (χ0n) is 13.9. The van der Waals surface area contributed by atoms with E-state index in [0.29, 0.717) is 36.5 Å². The van der Waals surface area contributed by atoms with Crippen molar-refractivity contribution in [2.45, 2.75) is 13.8 Å². The van der Waals surface area contributed by atoms with Crippen LogP contribution in [0.3, 0.4) is 0 Å². The van der Waals surface area contributed by atoms with Crippen molar-refractivity contribution in [3.8, 4) is 11.5 Å². The molecule has 0 bridgehead atoms. The summed E-state index contributed by atoms with van der Waals surface area (Å²) in [5, 5.41) is 10.2. The van der Waals surface area contributed by atoms with Gasteiger partial charge in [-0.2, -0.15) is 4.98 Å². The van der Waals surface area contributed by atoms with Crippen LogP contribution in [0.4, 0.5) is 23.3 Å². The minimum absolute atomic E-state index is 0.472. The quantitative estimate of drug-likeness (QED) is 0.747. The topological polar surface area (TPSA) is 94.3 Å². The molecule has 8 heteroatoms. The fraction of sp³-hybridized carbons (Fsp3) is 0.235. The Balaban J connectivity index is 1.56. The first-order chi connectivity index (χ1) is 12.2. The van der Waals surface area contributed by atoms with Gasteiger partial charge in [0.25, 0.3) is 0 Å². The zero-order valence-corrected chi connectivity index (χ0v) is 13.9. The normalized spacial score (nSPS) is 12.7. The minimum Gasteiger partial charge on any atom is -0.486 e. The third-order valence-corrected chi connectivity index (χ3v) is 3.54. The highest BCUT2D eigenvalue weighted by molar-refractivity contribution is 5.62. The number of nitrogens with zero attached hydrogens (tertiary/aromatic N) is 3. The molecule has 0 aliphatic carbocycles. The first kappa shape index (κ1) is 15.3. The molecule has 1 aromatic carbocycles. The maximum absolute atomic E-state index is 5.59. The van der Waals surface area contributed by atoms with Crippen LogP contribution in [-0.2, 0) is 0 Å². The molecule has 2 aromatic heterocycles. The molecule has 128 valence electrons. The molecular formula is C17H17N5O3. The van der Waals surface area contributed by atoms with Gasteiger partial charge >= 0.3 is 0 Å². The molecule has 0 saturated carbocycles. The van der Waals surface area contributed by atoms with Gasteiger partial charge in [0.2, 0.25) is 5.95 Å². The number of nitrogens with one attached hydrogen (secondary N) is 2. The van der Waals surface area contributed by atoms with Crippen molar-refractivity contribution in [2.75, 3.05) is 23.8 Å². The highest BCUT2D eigenvalue weighted by atomic mass is 16.6. The first-order valence-electron chi connectivity index (χ1n) is 7.88. The van der Waals surface area contributed by atoms with Gasteiger partial charge in [-0.15, -0.1) is 0 Å². The van der Waals surface area contributed by atoms with Crippen molar-refractivity contribution in [3.63, 3.8) is 0 Å². The number of anilines is 4. The number of aryl methyl sites for hydroxylation is 2. The Morgan fingerprint density at radius 1 is 0.880 bits per heavy atom. The van der Waals surface area contributed by atoms with E-state index in [0.717, 1.165) is 22.9 Å². The maximum Gasteiger partial charge on any atom is 0.229 e. The van der Waals surface area contributed by atoms with Crippen LogP contribution in [0.5, 0.6) is 11.5 Å². The fourth-order valence-corrected chi connectivity index (χ4v) is 2.50. The van der Waals surface area contributed by atoms with Crippen LogP contribution in [0.2, 0.25) is 0 Å². The van der Waals surface area contributed by atoms with Crippen LogP contribution < -0.4 is 20.1 Å². The summed E-state index contributed by atoms with van der Waals surface area (Å²) in [6, 6.07) is 9.26. The van der Waals surface area contributed by atoms with Crippen molar-refractivity contribution in [2.24, 2.45) is 0 Å². The van der Waals surface area contributed by atoms with Gasteiger partial charge < -0.3 is 24.6 Å². The highest BCUT2D eigenvalue weighted by Gasteiger charge is 2.12. The lowest BCUT2D eigenvalue weighted by atomic mass is 10.2. The molecule has 0 unspecified atom stereocenters. The Bertz CT molecular complexity index is 909. The van der Waals surface area contributed by atoms with Crippen molar-refractivity contribution in [1.82, 2.24) is 15.1 Å². The summed E-state index contributed by atoms with van der Waals surface area (Å²) in [4.78, 5) is 8.87. The van der Waals surface area contributed by atoms with E-state index in [-0.39, 0.29) is 0 Å². The van der Waals surface area contributed by atoms with E-state index < -0.39 is 0 Å². The van der Waals surface area contributed by atoms with E-state index >= 15 is 0 Å². The van der Waals surface area contributed by atoms with Crippen LogP contribution in [0.25, 0.3) is 0 Å². The SMILES string of the molecule is Cc1cc(Nc2cc(C)on2)nc(Nc2ccc3c(c2)OCCO3)n1. The molecule has 0 amide bonds. The van der Waals surface area contributed by atoms with E-state index in [2.05, 4.69) is 25.8 Å². The van der Waals surface area contributed by atoms with Gasteiger partial charge in [-0.25, -0.2) is 4.98 Å². The molecule has 1 aliphatic heterocycles. The third kappa shape index (κ3) is 3.47. The Kier molecular flexibility index (Phi) is 3.85.